The van der Waals surface area contributed by atoms with Crippen LogP contribution < -0.4 is 30.7 Å². The number of morpholine rings is 1. The van der Waals surface area contributed by atoms with Crippen molar-refractivity contribution < 1.29 is 27.5 Å². The van der Waals surface area contributed by atoms with Crippen molar-refractivity contribution in [2.45, 2.75) is 17.9 Å². The van der Waals surface area contributed by atoms with Crippen LogP contribution in [-0.4, -0.2) is 59.8 Å². The Morgan fingerprint density at radius 3 is 2.52 bits per heavy atom. The lowest BCUT2D eigenvalue weighted by atomic mass is 10.2. The van der Waals surface area contributed by atoms with Gasteiger partial charge in [0.25, 0.3) is 10.0 Å². The van der Waals surface area contributed by atoms with Crippen LogP contribution in [0.2, 0.25) is 0 Å². The zero-order chi connectivity index (χ0) is 24.0. The summed E-state index contributed by atoms with van der Waals surface area (Å²) in [6.45, 7) is 3.43. The average molecular weight is 478 g/mol. The highest BCUT2D eigenvalue weighted by molar-refractivity contribution is 7.93. The van der Waals surface area contributed by atoms with Crippen LogP contribution in [0.25, 0.3) is 0 Å². The summed E-state index contributed by atoms with van der Waals surface area (Å²) >= 11 is 0. The molecule has 5 N–H and O–H groups in total. The van der Waals surface area contributed by atoms with Gasteiger partial charge in [-0.3, -0.25) is 9.52 Å². The highest BCUT2D eigenvalue weighted by Crippen LogP contribution is 2.33. The van der Waals surface area contributed by atoms with Crippen molar-refractivity contribution in [2.75, 3.05) is 48.4 Å². The van der Waals surface area contributed by atoms with Crippen molar-refractivity contribution in [3.63, 3.8) is 0 Å². The average Bonchev–Trinajstić information content (AvgIpc) is 2.79. The smallest absolute Gasteiger partial charge is 0.312 e. The molecule has 11 nitrogen and oxygen atoms in total. The Kier molecular flexibility index (Phi) is 7.61. The molecule has 0 radical (unpaired) electrons. The van der Waals surface area contributed by atoms with Gasteiger partial charge >= 0.3 is 6.03 Å². The van der Waals surface area contributed by atoms with Gasteiger partial charge in [0.2, 0.25) is 5.91 Å². The van der Waals surface area contributed by atoms with Crippen molar-refractivity contribution in [2.24, 2.45) is 5.73 Å². The molecule has 1 fully saturated rings. The molecule has 2 aromatic carbocycles. The minimum Gasteiger partial charge on any atom is -0.495 e. The topological polar surface area (TPSA) is 152 Å². The maximum Gasteiger partial charge on any atom is 0.312 e. The van der Waals surface area contributed by atoms with Gasteiger partial charge < -0.3 is 30.7 Å². The molecular formula is C21H27N5O6S. The largest absolute Gasteiger partial charge is 0.495 e. The van der Waals surface area contributed by atoms with E-state index in [1.54, 1.807) is 36.4 Å². The maximum atomic E-state index is 13.4. The normalized spacial score (nSPS) is 14.8. The molecule has 3 amide bonds. The number of nitrogens with zero attached hydrogens (tertiary/aromatic N) is 1. The predicted molar refractivity (Wildman–Crippen MR) is 124 cm³/mol. The summed E-state index contributed by atoms with van der Waals surface area (Å²) in [6.07, 6.45) is 0. The van der Waals surface area contributed by atoms with E-state index in [0.29, 0.717) is 37.7 Å². The Bertz CT molecular complexity index is 1120. The van der Waals surface area contributed by atoms with Gasteiger partial charge in [0.15, 0.2) is 0 Å². The molecule has 1 aliphatic heterocycles. The number of hydrogen-bond acceptors (Lipinski definition) is 7. The van der Waals surface area contributed by atoms with E-state index in [0.717, 1.165) is 0 Å². The number of urea groups is 1. The molecule has 0 aromatic heterocycles. The first-order valence-electron chi connectivity index (χ1n) is 10.2. The molecule has 178 valence electrons. The summed E-state index contributed by atoms with van der Waals surface area (Å²) in [6, 6.07) is 9.50. The molecule has 1 aliphatic rings. The molecule has 12 heteroatoms. The third-order valence-corrected chi connectivity index (χ3v) is 6.37. The standard InChI is InChI=1S/C21H27N5O6S/c1-14(23-21(22)28)20(27)24-15-7-8-17(26-9-11-32-12-10-26)19(13-15)33(29,30)25-16-5-3-4-6-18(16)31-2/h3-8,13-14,25H,9-12H2,1-2H3,(H,24,27)(H3,22,23,28). The lowest BCUT2D eigenvalue weighted by Crippen LogP contribution is -2.44. The van der Waals surface area contributed by atoms with Crippen molar-refractivity contribution in [1.82, 2.24) is 5.32 Å². The molecule has 33 heavy (non-hydrogen) atoms. The minimum atomic E-state index is -4.08. The molecular weight excluding hydrogens is 450 g/mol. The van der Waals surface area contributed by atoms with E-state index in [9.17, 15) is 18.0 Å². The van der Waals surface area contributed by atoms with Gasteiger partial charge in [-0.2, -0.15) is 0 Å². The maximum absolute atomic E-state index is 13.4. The van der Waals surface area contributed by atoms with Crippen LogP contribution in [0.4, 0.5) is 21.9 Å². The van der Waals surface area contributed by atoms with Crippen LogP contribution in [0.15, 0.2) is 47.4 Å². The fraction of sp³-hybridized carbons (Fsp3) is 0.333. The second-order valence-electron chi connectivity index (χ2n) is 7.31. The first-order valence-corrected chi connectivity index (χ1v) is 11.7. The van der Waals surface area contributed by atoms with Crippen LogP contribution in [0.3, 0.4) is 0 Å². The fourth-order valence-electron chi connectivity index (χ4n) is 3.33. The number of anilines is 3. The lowest BCUT2D eigenvalue weighted by Gasteiger charge is -2.30. The Hall–Kier alpha value is -3.51. The molecule has 1 saturated heterocycles. The zero-order valence-corrected chi connectivity index (χ0v) is 19.1. The summed E-state index contributed by atoms with van der Waals surface area (Å²) in [5, 5.41) is 4.88. The van der Waals surface area contributed by atoms with E-state index in [1.165, 1.54) is 20.1 Å². The molecule has 2 aromatic rings. The number of hydrogen-bond donors (Lipinski definition) is 4. The van der Waals surface area contributed by atoms with Gasteiger partial charge in [-0.1, -0.05) is 12.1 Å². The summed E-state index contributed by atoms with van der Waals surface area (Å²) in [5.74, 6) is -0.182. The van der Waals surface area contributed by atoms with Crippen LogP contribution in [-0.2, 0) is 19.6 Å². The van der Waals surface area contributed by atoms with Gasteiger partial charge in [-0.15, -0.1) is 0 Å². The first-order chi connectivity index (χ1) is 15.7. The number of amides is 3. The van der Waals surface area contributed by atoms with Gasteiger partial charge in [-0.25, -0.2) is 13.2 Å². The number of nitrogens with one attached hydrogen (secondary N) is 3. The number of nitrogens with two attached hydrogens (primary N) is 1. The Balaban J connectivity index is 1.97. The summed E-state index contributed by atoms with van der Waals surface area (Å²) < 4.78 is 40.1. The summed E-state index contributed by atoms with van der Waals surface area (Å²) in [7, 11) is -2.63. The van der Waals surface area contributed by atoms with Gasteiger partial charge in [-0.05, 0) is 37.3 Å². The van der Waals surface area contributed by atoms with E-state index < -0.39 is 28.0 Å². The van der Waals surface area contributed by atoms with Crippen molar-refractivity contribution in [1.29, 1.82) is 0 Å². The van der Waals surface area contributed by atoms with Crippen LogP contribution in [0.1, 0.15) is 6.92 Å². The molecule has 3 rings (SSSR count). The number of carbonyl (C=O) groups is 2. The number of para-hydroxylation sites is 2. The third-order valence-electron chi connectivity index (χ3n) is 4.97. The molecule has 1 unspecified atom stereocenters. The van der Waals surface area contributed by atoms with E-state index >= 15 is 0 Å². The molecule has 0 aliphatic carbocycles. The van der Waals surface area contributed by atoms with E-state index in [4.69, 9.17) is 15.2 Å². The third kappa shape index (κ3) is 6.05. The Morgan fingerprint density at radius 1 is 1.15 bits per heavy atom. The minimum absolute atomic E-state index is 0.0244. The van der Waals surface area contributed by atoms with E-state index in [-0.39, 0.29) is 16.3 Å². The SMILES string of the molecule is COc1ccccc1NS(=O)(=O)c1cc(NC(=O)C(C)NC(N)=O)ccc1N1CCOCC1. The quantitative estimate of drug-likeness (QED) is 0.447. The monoisotopic (exact) mass is 477 g/mol. The van der Waals surface area contributed by atoms with Crippen molar-refractivity contribution >= 4 is 39.0 Å². The number of ether oxygens (including phenoxy) is 2. The number of rotatable bonds is 8. The first kappa shape index (κ1) is 24.1. The number of carbonyl (C=O) groups excluding carboxylic acids is 2. The molecule has 1 atom stereocenters. The number of methoxy groups -OCH3 is 1. The molecule has 0 spiro atoms. The second kappa shape index (κ2) is 10.4. The molecule has 1 heterocycles. The van der Waals surface area contributed by atoms with E-state index in [2.05, 4.69) is 15.4 Å². The van der Waals surface area contributed by atoms with Crippen LogP contribution in [0.5, 0.6) is 5.75 Å². The summed E-state index contributed by atoms with van der Waals surface area (Å²) in [4.78, 5) is 25.3. The van der Waals surface area contributed by atoms with Crippen molar-refractivity contribution in [3.8, 4) is 5.75 Å². The Labute approximate surface area is 192 Å². The number of benzene rings is 2. The van der Waals surface area contributed by atoms with Crippen LogP contribution >= 0.6 is 0 Å². The van der Waals surface area contributed by atoms with Gasteiger partial charge in [0, 0.05) is 18.8 Å². The number of primary amides is 1. The zero-order valence-electron chi connectivity index (χ0n) is 18.3. The van der Waals surface area contributed by atoms with Crippen molar-refractivity contribution in [3.05, 3.63) is 42.5 Å². The fourth-order valence-corrected chi connectivity index (χ4v) is 4.65. The second-order valence-corrected chi connectivity index (χ2v) is 8.96. The molecule has 0 bridgehead atoms. The lowest BCUT2D eigenvalue weighted by molar-refractivity contribution is -0.117. The Morgan fingerprint density at radius 2 is 1.85 bits per heavy atom. The summed E-state index contributed by atoms with van der Waals surface area (Å²) in [5.41, 5.74) is 6.06. The van der Waals surface area contributed by atoms with E-state index in [1.807, 2.05) is 4.90 Å². The van der Waals surface area contributed by atoms with Gasteiger partial charge in [0.1, 0.15) is 16.7 Å². The molecule has 0 saturated carbocycles. The van der Waals surface area contributed by atoms with Crippen LogP contribution in [0, 0.1) is 0 Å². The van der Waals surface area contributed by atoms with Gasteiger partial charge in [0.05, 0.1) is 31.7 Å². The highest BCUT2D eigenvalue weighted by Gasteiger charge is 2.26. The predicted octanol–water partition coefficient (Wildman–Crippen LogP) is 1.33. The highest BCUT2D eigenvalue weighted by atomic mass is 32.2. The number of sulfonamides is 1.